The smallest absolute Gasteiger partial charge is 0.131 e. The molecular formula is C9H5FNS. The van der Waals surface area contributed by atoms with Crippen molar-refractivity contribution in [1.29, 1.82) is 0 Å². The summed E-state index contributed by atoms with van der Waals surface area (Å²) in [6.45, 7) is 0. The molecule has 0 aliphatic carbocycles. The molecular weight excluding hydrogens is 173 g/mol. The van der Waals surface area contributed by atoms with Gasteiger partial charge < -0.3 is 0 Å². The number of rotatable bonds is 1. The second kappa shape index (κ2) is 3.03. The molecule has 0 amide bonds. The molecule has 1 nitrogen and oxygen atoms in total. The molecule has 0 spiro atoms. The fraction of sp³-hybridized carbons (Fsp3) is 0. The van der Waals surface area contributed by atoms with Crippen LogP contribution in [0.25, 0.3) is 11.3 Å². The Morgan fingerprint density at radius 3 is 3.00 bits per heavy atom. The normalized spacial score (nSPS) is 10.1. The second-order valence-corrected chi connectivity index (χ2v) is 3.00. The Balaban J connectivity index is 2.48. The maximum Gasteiger partial charge on any atom is 0.131 e. The van der Waals surface area contributed by atoms with Crippen LogP contribution in [0.3, 0.4) is 0 Å². The third-order valence-corrected chi connectivity index (χ3v) is 2.05. The molecule has 0 unspecified atom stereocenters. The highest BCUT2D eigenvalue weighted by Gasteiger charge is 2.00. The minimum atomic E-state index is -0.347. The number of halogens is 1. The molecule has 0 aliphatic heterocycles. The molecule has 0 aliphatic rings. The quantitative estimate of drug-likeness (QED) is 0.654. The van der Waals surface area contributed by atoms with Crippen LogP contribution >= 0.6 is 11.3 Å². The van der Waals surface area contributed by atoms with Gasteiger partial charge in [-0.15, -0.1) is 11.3 Å². The van der Waals surface area contributed by atoms with Crippen molar-refractivity contribution < 1.29 is 4.39 Å². The van der Waals surface area contributed by atoms with Crippen LogP contribution in [0.2, 0.25) is 0 Å². The van der Waals surface area contributed by atoms with E-state index in [-0.39, 0.29) is 5.82 Å². The van der Waals surface area contributed by atoms with Crippen LogP contribution in [0.4, 0.5) is 4.39 Å². The van der Waals surface area contributed by atoms with Gasteiger partial charge in [-0.05, 0) is 6.07 Å². The Morgan fingerprint density at radius 1 is 1.42 bits per heavy atom. The zero-order chi connectivity index (χ0) is 8.39. The van der Waals surface area contributed by atoms with Crippen LogP contribution in [-0.4, -0.2) is 4.98 Å². The third-order valence-electron chi connectivity index (χ3n) is 1.47. The van der Waals surface area contributed by atoms with Gasteiger partial charge in [0.2, 0.25) is 0 Å². The van der Waals surface area contributed by atoms with Crippen LogP contribution in [-0.2, 0) is 0 Å². The van der Waals surface area contributed by atoms with Gasteiger partial charge in [0.1, 0.15) is 5.82 Å². The number of benzene rings is 1. The highest BCUT2D eigenvalue weighted by atomic mass is 32.1. The van der Waals surface area contributed by atoms with Crippen LogP contribution in [0, 0.1) is 11.9 Å². The van der Waals surface area contributed by atoms with Gasteiger partial charge in [0.15, 0.2) is 0 Å². The Bertz CT molecular complexity index is 370. The van der Waals surface area contributed by atoms with Crippen molar-refractivity contribution in [2.24, 2.45) is 0 Å². The number of nitrogens with zero attached hydrogens (tertiary/aromatic N) is 1. The van der Waals surface area contributed by atoms with E-state index in [4.69, 9.17) is 0 Å². The molecule has 1 radical (unpaired) electrons. The van der Waals surface area contributed by atoms with Gasteiger partial charge in [0.25, 0.3) is 0 Å². The molecule has 1 aromatic carbocycles. The van der Waals surface area contributed by atoms with Crippen LogP contribution in [0.15, 0.2) is 29.1 Å². The zero-order valence-corrected chi connectivity index (χ0v) is 6.94. The molecule has 1 heterocycles. The van der Waals surface area contributed by atoms with Crippen LogP contribution in [0.1, 0.15) is 0 Å². The van der Waals surface area contributed by atoms with E-state index in [0.29, 0.717) is 5.56 Å². The van der Waals surface area contributed by atoms with E-state index in [9.17, 15) is 4.39 Å². The van der Waals surface area contributed by atoms with Crippen LogP contribution < -0.4 is 0 Å². The van der Waals surface area contributed by atoms with Crippen molar-refractivity contribution in [2.45, 2.75) is 0 Å². The summed E-state index contributed by atoms with van der Waals surface area (Å²) in [6, 6.07) is 7.40. The number of thiazole rings is 1. The summed E-state index contributed by atoms with van der Waals surface area (Å²) in [5, 5.41) is 1.87. The Labute approximate surface area is 73.5 Å². The highest BCUT2D eigenvalue weighted by molar-refractivity contribution is 7.07. The van der Waals surface area contributed by atoms with Crippen molar-refractivity contribution >= 4 is 11.3 Å². The molecule has 0 bridgehead atoms. The maximum atomic E-state index is 12.7. The molecule has 2 aromatic rings. The first-order valence-electron chi connectivity index (χ1n) is 3.42. The summed E-state index contributed by atoms with van der Waals surface area (Å²) >= 11 is 1.49. The summed E-state index contributed by atoms with van der Waals surface area (Å²) in [7, 11) is 0. The lowest BCUT2D eigenvalue weighted by molar-refractivity contribution is 0.626. The zero-order valence-electron chi connectivity index (χ0n) is 6.12. The van der Waals surface area contributed by atoms with E-state index in [1.54, 1.807) is 17.6 Å². The molecule has 3 heteroatoms. The molecule has 2 rings (SSSR count). The average Bonchev–Trinajstić information content (AvgIpc) is 2.56. The van der Waals surface area contributed by atoms with Gasteiger partial charge in [-0.1, -0.05) is 12.1 Å². The molecule has 0 fully saturated rings. The SMILES string of the molecule is Fc1[c]c(-c2cscn2)ccc1. The minimum Gasteiger partial charge on any atom is -0.245 e. The fourth-order valence-electron chi connectivity index (χ4n) is 0.936. The topological polar surface area (TPSA) is 12.9 Å². The monoisotopic (exact) mass is 178 g/mol. The summed E-state index contributed by atoms with van der Waals surface area (Å²) in [5.74, 6) is -0.347. The van der Waals surface area contributed by atoms with Gasteiger partial charge >= 0.3 is 0 Å². The van der Waals surface area contributed by atoms with Crippen LogP contribution in [0.5, 0.6) is 0 Å². The Kier molecular flexibility index (Phi) is 1.87. The van der Waals surface area contributed by atoms with Crippen molar-refractivity contribution in [3.8, 4) is 11.3 Å². The van der Waals surface area contributed by atoms with Gasteiger partial charge in [0.05, 0.1) is 11.2 Å². The molecule has 0 atom stereocenters. The predicted molar refractivity (Wildman–Crippen MR) is 46.3 cm³/mol. The van der Waals surface area contributed by atoms with Crippen molar-refractivity contribution in [2.75, 3.05) is 0 Å². The summed E-state index contributed by atoms with van der Waals surface area (Å²) in [5.41, 5.74) is 3.20. The van der Waals surface area contributed by atoms with E-state index in [1.165, 1.54) is 17.4 Å². The minimum absolute atomic E-state index is 0.347. The largest absolute Gasteiger partial charge is 0.245 e. The second-order valence-electron chi connectivity index (χ2n) is 2.29. The number of aromatic nitrogens is 1. The van der Waals surface area contributed by atoms with Crippen molar-refractivity contribution in [1.82, 2.24) is 4.98 Å². The van der Waals surface area contributed by atoms with Crippen molar-refractivity contribution in [3.05, 3.63) is 41.0 Å². The lowest BCUT2D eigenvalue weighted by Gasteiger charge is -1.93. The standard InChI is InChI=1S/C9H5FNS/c10-8-3-1-2-7(4-8)9-5-12-6-11-9/h1-3,5-6H. The molecule has 59 valence electrons. The lowest BCUT2D eigenvalue weighted by atomic mass is 10.2. The van der Waals surface area contributed by atoms with Gasteiger partial charge in [-0.25, -0.2) is 9.37 Å². The van der Waals surface area contributed by atoms with E-state index in [1.807, 2.05) is 5.38 Å². The van der Waals surface area contributed by atoms with E-state index >= 15 is 0 Å². The van der Waals surface area contributed by atoms with Crippen molar-refractivity contribution in [3.63, 3.8) is 0 Å². The number of hydrogen-bond acceptors (Lipinski definition) is 2. The first-order valence-corrected chi connectivity index (χ1v) is 4.37. The van der Waals surface area contributed by atoms with Gasteiger partial charge in [-0.3, -0.25) is 0 Å². The lowest BCUT2D eigenvalue weighted by Crippen LogP contribution is -1.79. The molecule has 0 N–H and O–H groups in total. The summed E-state index contributed by atoms with van der Waals surface area (Å²) < 4.78 is 12.7. The van der Waals surface area contributed by atoms with Gasteiger partial charge in [-0.2, -0.15) is 0 Å². The van der Waals surface area contributed by atoms with E-state index in [2.05, 4.69) is 11.1 Å². The summed E-state index contributed by atoms with van der Waals surface area (Å²) in [4.78, 5) is 4.05. The van der Waals surface area contributed by atoms with E-state index < -0.39 is 0 Å². The third kappa shape index (κ3) is 1.36. The molecule has 0 saturated heterocycles. The summed E-state index contributed by atoms with van der Waals surface area (Å²) in [6.07, 6.45) is 0. The molecule has 12 heavy (non-hydrogen) atoms. The van der Waals surface area contributed by atoms with Gasteiger partial charge in [0, 0.05) is 17.0 Å². The average molecular weight is 178 g/mol. The highest BCUT2D eigenvalue weighted by Crippen LogP contribution is 2.18. The maximum absolute atomic E-state index is 12.7. The molecule has 1 aromatic heterocycles. The van der Waals surface area contributed by atoms with E-state index in [0.717, 1.165) is 5.69 Å². The molecule has 0 saturated carbocycles. The first-order chi connectivity index (χ1) is 5.86. The number of hydrogen-bond donors (Lipinski definition) is 0. The Morgan fingerprint density at radius 2 is 2.33 bits per heavy atom. The fourth-order valence-corrected chi connectivity index (χ4v) is 1.49. The Hall–Kier alpha value is -1.22. The first kappa shape index (κ1) is 7.43. The predicted octanol–water partition coefficient (Wildman–Crippen LogP) is 2.75.